The molecule has 0 amide bonds. The number of hydrogen-bond donors (Lipinski definition) is 0. The van der Waals surface area contributed by atoms with Gasteiger partial charge in [-0.1, -0.05) is 19.3 Å². The first-order valence-corrected chi connectivity index (χ1v) is 4.97. The molecule has 0 bridgehead atoms. The summed E-state index contributed by atoms with van der Waals surface area (Å²) >= 11 is 0. The van der Waals surface area contributed by atoms with Gasteiger partial charge < -0.3 is 9.47 Å². The Balaban J connectivity index is 2.90. The summed E-state index contributed by atoms with van der Waals surface area (Å²) < 4.78 is 8.43. The lowest BCUT2D eigenvalue weighted by atomic mass is 9.74. The summed E-state index contributed by atoms with van der Waals surface area (Å²) in [5, 5.41) is 0. The molecule has 0 radical (unpaired) electrons. The summed E-state index contributed by atoms with van der Waals surface area (Å²) in [6, 6.07) is 0. The minimum absolute atomic E-state index is 0.0210. The minimum atomic E-state index is -1.49. The van der Waals surface area contributed by atoms with E-state index in [1.807, 2.05) is 0 Å². The Morgan fingerprint density at radius 2 is 1.31 bits per heavy atom. The molecule has 16 heavy (non-hydrogen) atoms. The second kappa shape index (κ2) is 5.39. The van der Waals surface area contributed by atoms with E-state index in [2.05, 4.69) is 9.47 Å². The number of carbonyl (C=O) groups is 4. The summed E-state index contributed by atoms with van der Waals surface area (Å²) in [6.07, 6.45) is 2.69. The molecule has 0 aliphatic heterocycles. The maximum Gasteiger partial charge on any atom is 0.330 e. The standard InChI is InChI=1S/C10H12O6/c11-6-15-8(13)10(9(14)16-7-12)4-2-1-3-5-10/h6-7H,1-5H2. The molecule has 0 N–H and O–H groups in total. The Hall–Kier alpha value is -1.72. The number of carbonyl (C=O) groups excluding carboxylic acids is 4. The third-order valence-corrected chi connectivity index (χ3v) is 2.80. The smallest absolute Gasteiger partial charge is 0.330 e. The zero-order chi connectivity index (χ0) is 12.0. The molecular weight excluding hydrogens is 216 g/mol. The van der Waals surface area contributed by atoms with Gasteiger partial charge in [-0.2, -0.15) is 0 Å². The summed E-state index contributed by atoms with van der Waals surface area (Å²) in [5.41, 5.74) is -1.49. The van der Waals surface area contributed by atoms with Crippen LogP contribution >= 0.6 is 0 Å². The van der Waals surface area contributed by atoms with Gasteiger partial charge in [0.05, 0.1) is 0 Å². The predicted octanol–water partition coefficient (Wildman–Crippen LogP) is 0.336. The Kier molecular flexibility index (Phi) is 4.16. The number of hydrogen-bond acceptors (Lipinski definition) is 6. The van der Waals surface area contributed by atoms with Crippen molar-refractivity contribution in [2.45, 2.75) is 32.1 Å². The molecule has 1 aliphatic rings. The van der Waals surface area contributed by atoms with Crippen LogP contribution in [0.15, 0.2) is 0 Å². The highest BCUT2D eigenvalue weighted by Crippen LogP contribution is 2.38. The van der Waals surface area contributed by atoms with Crippen LogP contribution in [0.1, 0.15) is 32.1 Å². The van der Waals surface area contributed by atoms with Crippen LogP contribution in [0.25, 0.3) is 0 Å². The average molecular weight is 228 g/mol. The fourth-order valence-corrected chi connectivity index (χ4v) is 1.96. The molecule has 1 fully saturated rings. The monoisotopic (exact) mass is 228 g/mol. The summed E-state index contributed by atoms with van der Waals surface area (Å²) in [7, 11) is 0. The van der Waals surface area contributed by atoms with Gasteiger partial charge in [-0.15, -0.1) is 0 Å². The van der Waals surface area contributed by atoms with E-state index < -0.39 is 17.4 Å². The first kappa shape index (κ1) is 12.4. The van der Waals surface area contributed by atoms with Crippen molar-refractivity contribution in [2.24, 2.45) is 5.41 Å². The van der Waals surface area contributed by atoms with E-state index in [0.717, 1.165) is 6.42 Å². The van der Waals surface area contributed by atoms with Crippen molar-refractivity contribution in [3.63, 3.8) is 0 Å². The molecule has 6 nitrogen and oxygen atoms in total. The molecule has 0 aromatic carbocycles. The van der Waals surface area contributed by atoms with E-state index >= 15 is 0 Å². The maximum absolute atomic E-state index is 11.6. The van der Waals surface area contributed by atoms with Crippen molar-refractivity contribution in [1.82, 2.24) is 0 Å². The largest absolute Gasteiger partial charge is 0.395 e. The van der Waals surface area contributed by atoms with E-state index in [4.69, 9.17) is 0 Å². The van der Waals surface area contributed by atoms with Crippen LogP contribution in [0.3, 0.4) is 0 Å². The van der Waals surface area contributed by atoms with Gasteiger partial charge in [0.1, 0.15) is 0 Å². The lowest BCUT2D eigenvalue weighted by molar-refractivity contribution is -0.175. The third kappa shape index (κ3) is 2.26. The van der Waals surface area contributed by atoms with Crippen LogP contribution in [0.4, 0.5) is 0 Å². The Morgan fingerprint density at radius 1 is 0.875 bits per heavy atom. The third-order valence-electron chi connectivity index (χ3n) is 2.80. The topological polar surface area (TPSA) is 86.7 Å². The van der Waals surface area contributed by atoms with Crippen LogP contribution < -0.4 is 0 Å². The van der Waals surface area contributed by atoms with Gasteiger partial charge in [0.15, 0.2) is 5.41 Å². The van der Waals surface area contributed by atoms with Crippen molar-refractivity contribution in [3.05, 3.63) is 0 Å². The first-order valence-electron chi connectivity index (χ1n) is 4.97. The highest BCUT2D eigenvalue weighted by atomic mass is 16.6. The molecule has 6 heteroatoms. The van der Waals surface area contributed by atoms with Crippen molar-refractivity contribution < 1.29 is 28.7 Å². The molecule has 0 atom stereocenters. The first-order chi connectivity index (χ1) is 7.67. The molecular formula is C10H12O6. The SMILES string of the molecule is O=COC(=O)C1(C(=O)OC=O)CCCCC1. The average Bonchev–Trinajstić information content (AvgIpc) is 2.30. The number of rotatable bonds is 4. The zero-order valence-electron chi connectivity index (χ0n) is 8.64. The van der Waals surface area contributed by atoms with E-state index in [-0.39, 0.29) is 25.8 Å². The second-order valence-electron chi connectivity index (χ2n) is 3.65. The molecule has 0 aromatic heterocycles. The molecule has 0 unspecified atom stereocenters. The van der Waals surface area contributed by atoms with Gasteiger partial charge in [0, 0.05) is 0 Å². The van der Waals surface area contributed by atoms with E-state index in [1.165, 1.54) is 0 Å². The van der Waals surface area contributed by atoms with Gasteiger partial charge in [0.25, 0.3) is 0 Å². The molecule has 1 rings (SSSR count). The quantitative estimate of drug-likeness (QED) is 0.391. The summed E-state index contributed by atoms with van der Waals surface area (Å²) in [4.78, 5) is 43.4. The Labute approximate surface area is 91.9 Å². The van der Waals surface area contributed by atoms with Gasteiger partial charge in [-0.25, -0.2) is 0 Å². The van der Waals surface area contributed by atoms with Gasteiger partial charge in [-0.05, 0) is 12.8 Å². The zero-order valence-corrected chi connectivity index (χ0v) is 8.64. The molecule has 1 saturated carbocycles. The fraction of sp³-hybridized carbons (Fsp3) is 0.600. The van der Waals surface area contributed by atoms with Gasteiger partial charge >= 0.3 is 24.9 Å². The molecule has 0 spiro atoms. The minimum Gasteiger partial charge on any atom is -0.395 e. The maximum atomic E-state index is 11.6. The second-order valence-corrected chi connectivity index (χ2v) is 3.65. The molecule has 0 heterocycles. The van der Waals surface area contributed by atoms with Crippen molar-refractivity contribution in [3.8, 4) is 0 Å². The van der Waals surface area contributed by atoms with Crippen molar-refractivity contribution in [2.75, 3.05) is 0 Å². The van der Waals surface area contributed by atoms with Crippen LogP contribution in [0, 0.1) is 5.41 Å². The number of ether oxygens (including phenoxy) is 2. The van der Waals surface area contributed by atoms with Crippen molar-refractivity contribution >= 4 is 24.9 Å². The van der Waals surface area contributed by atoms with Crippen LogP contribution in [-0.4, -0.2) is 24.9 Å². The molecule has 1 aliphatic carbocycles. The van der Waals surface area contributed by atoms with Crippen molar-refractivity contribution in [1.29, 1.82) is 0 Å². The number of esters is 2. The highest BCUT2D eigenvalue weighted by molar-refractivity contribution is 6.03. The van der Waals surface area contributed by atoms with Crippen LogP contribution in [0.2, 0.25) is 0 Å². The molecule has 88 valence electrons. The lowest BCUT2D eigenvalue weighted by Crippen LogP contribution is -2.43. The Bertz CT molecular complexity index is 278. The Morgan fingerprint density at radius 3 is 1.69 bits per heavy atom. The molecule has 0 saturated heterocycles. The summed E-state index contributed by atoms with van der Waals surface area (Å²) in [5.74, 6) is -1.87. The highest BCUT2D eigenvalue weighted by Gasteiger charge is 2.49. The normalized spacial score (nSPS) is 18.2. The van der Waals surface area contributed by atoms with E-state index in [9.17, 15) is 19.2 Å². The van der Waals surface area contributed by atoms with E-state index in [0.29, 0.717) is 12.8 Å². The van der Waals surface area contributed by atoms with Crippen LogP contribution in [0.5, 0.6) is 0 Å². The molecule has 0 aromatic rings. The summed E-state index contributed by atoms with van der Waals surface area (Å²) in [6.45, 7) is -0.0419. The van der Waals surface area contributed by atoms with E-state index in [1.54, 1.807) is 0 Å². The predicted molar refractivity (Wildman–Crippen MR) is 49.8 cm³/mol. The van der Waals surface area contributed by atoms with Gasteiger partial charge in [-0.3, -0.25) is 19.2 Å². The van der Waals surface area contributed by atoms with Crippen LogP contribution in [-0.2, 0) is 28.7 Å². The van der Waals surface area contributed by atoms with Gasteiger partial charge in [0.2, 0.25) is 0 Å². The fourth-order valence-electron chi connectivity index (χ4n) is 1.96. The lowest BCUT2D eigenvalue weighted by Gasteiger charge is -2.30.